The van der Waals surface area contributed by atoms with Crippen molar-refractivity contribution in [1.29, 1.82) is 0 Å². The summed E-state index contributed by atoms with van der Waals surface area (Å²) in [5.41, 5.74) is 5.86. The lowest BCUT2D eigenvalue weighted by Crippen LogP contribution is -2.13. The first-order chi connectivity index (χ1) is 8.77. The molecule has 0 spiro atoms. The highest BCUT2D eigenvalue weighted by molar-refractivity contribution is 4.91. The highest BCUT2D eigenvalue weighted by atomic mass is 16.5. The number of hydrogen-bond donors (Lipinski definition) is 1. The summed E-state index contributed by atoms with van der Waals surface area (Å²) in [6.45, 7) is 2.25. The van der Waals surface area contributed by atoms with Crippen molar-refractivity contribution in [1.82, 2.24) is 10.1 Å². The van der Waals surface area contributed by atoms with Gasteiger partial charge in [0.1, 0.15) is 0 Å². The average Bonchev–Trinajstić information content (AvgIpc) is 2.84. The van der Waals surface area contributed by atoms with E-state index in [1.54, 1.807) is 14.2 Å². The lowest BCUT2D eigenvalue weighted by atomic mass is 10.2. The van der Waals surface area contributed by atoms with E-state index in [4.69, 9.17) is 24.5 Å². The third-order valence-electron chi connectivity index (χ3n) is 2.34. The Kier molecular flexibility index (Phi) is 7.51. The maximum atomic E-state index is 5.86. The van der Waals surface area contributed by atoms with Crippen molar-refractivity contribution in [2.45, 2.75) is 18.9 Å². The van der Waals surface area contributed by atoms with Gasteiger partial charge in [-0.3, -0.25) is 0 Å². The first kappa shape index (κ1) is 15.0. The monoisotopic (exact) mass is 259 g/mol. The highest BCUT2D eigenvalue weighted by Crippen LogP contribution is 2.11. The van der Waals surface area contributed by atoms with Crippen LogP contribution in [0.2, 0.25) is 0 Å². The number of methoxy groups -OCH3 is 2. The number of aromatic nitrogens is 2. The van der Waals surface area contributed by atoms with Crippen molar-refractivity contribution < 1.29 is 18.7 Å². The lowest BCUT2D eigenvalue weighted by Gasteiger charge is -2.04. The number of nitrogens with two attached hydrogens (primary N) is 1. The molecule has 1 aromatic rings. The molecule has 0 aliphatic heterocycles. The normalized spacial score (nSPS) is 12.8. The molecule has 1 unspecified atom stereocenters. The van der Waals surface area contributed by atoms with Gasteiger partial charge in [0.2, 0.25) is 5.89 Å². The van der Waals surface area contributed by atoms with E-state index < -0.39 is 0 Å². The van der Waals surface area contributed by atoms with Crippen LogP contribution in [0, 0.1) is 0 Å². The highest BCUT2D eigenvalue weighted by Gasteiger charge is 2.14. The van der Waals surface area contributed by atoms with E-state index in [1.165, 1.54) is 0 Å². The van der Waals surface area contributed by atoms with Crippen LogP contribution in [0.1, 0.15) is 24.2 Å². The van der Waals surface area contributed by atoms with Crippen LogP contribution in [0.25, 0.3) is 0 Å². The van der Waals surface area contributed by atoms with Gasteiger partial charge in [-0.25, -0.2) is 0 Å². The molecule has 0 aliphatic rings. The minimum atomic E-state index is -0.277. The molecule has 18 heavy (non-hydrogen) atoms. The summed E-state index contributed by atoms with van der Waals surface area (Å²) in [5.74, 6) is 1.05. The van der Waals surface area contributed by atoms with Crippen LogP contribution in [-0.2, 0) is 20.6 Å². The van der Waals surface area contributed by atoms with Crippen molar-refractivity contribution in [3.63, 3.8) is 0 Å². The second-order valence-electron chi connectivity index (χ2n) is 3.79. The van der Waals surface area contributed by atoms with Gasteiger partial charge in [0, 0.05) is 27.2 Å². The van der Waals surface area contributed by atoms with E-state index in [-0.39, 0.29) is 6.04 Å². The Morgan fingerprint density at radius 1 is 1.17 bits per heavy atom. The Labute approximate surface area is 107 Å². The van der Waals surface area contributed by atoms with E-state index in [0.717, 1.165) is 0 Å². The van der Waals surface area contributed by atoms with Gasteiger partial charge in [-0.05, 0) is 6.42 Å². The summed E-state index contributed by atoms with van der Waals surface area (Å²) in [5, 5.41) is 3.84. The minimum absolute atomic E-state index is 0.277. The Bertz CT molecular complexity index is 319. The van der Waals surface area contributed by atoms with Crippen molar-refractivity contribution >= 4 is 0 Å². The molecule has 0 aromatic carbocycles. The third kappa shape index (κ3) is 5.54. The lowest BCUT2D eigenvalue weighted by molar-refractivity contribution is 0.0714. The zero-order valence-electron chi connectivity index (χ0n) is 10.9. The molecule has 0 radical (unpaired) electrons. The van der Waals surface area contributed by atoms with Gasteiger partial charge >= 0.3 is 0 Å². The molecule has 0 fully saturated rings. The molecular weight excluding hydrogens is 238 g/mol. The molecule has 7 nitrogen and oxygen atoms in total. The fourth-order valence-corrected chi connectivity index (χ4v) is 1.30. The molecule has 0 amide bonds. The number of ether oxygens (including phenoxy) is 3. The molecule has 1 rings (SSSR count). The van der Waals surface area contributed by atoms with Crippen LogP contribution < -0.4 is 5.73 Å². The summed E-state index contributed by atoms with van der Waals surface area (Å²) >= 11 is 0. The van der Waals surface area contributed by atoms with Crippen LogP contribution in [0.3, 0.4) is 0 Å². The van der Waals surface area contributed by atoms with Gasteiger partial charge in [-0.15, -0.1) is 0 Å². The molecule has 7 heteroatoms. The van der Waals surface area contributed by atoms with Crippen LogP contribution >= 0.6 is 0 Å². The van der Waals surface area contributed by atoms with E-state index in [1.807, 2.05) is 0 Å². The summed E-state index contributed by atoms with van der Waals surface area (Å²) in [4.78, 5) is 4.21. The number of nitrogens with zero attached hydrogens (tertiary/aromatic N) is 2. The summed E-state index contributed by atoms with van der Waals surface area (Å²) in [7, 11) is 3.26. The minimum Gasteiger partial charge on any atom is -0.385 e. The largest absolute Gasteiger partial charge is 0.385 e. The van der Waals surface area contributed by atoms with Crippen LogP contribution in [-0.4, -0.2) is 50.8 Å². The Balaban J connectivity index is 2.25. The molecule has 1 aromatic heterocycles. The van der Waals surface area contributed by atoms with Crippen molar-refractivity contribution in [3.8, 4) is 0 Å². The van der Waals surface area contributed by atoms with Crippen molar-refractivity contribution in [2.24, 2.45) is 5.73 Å². The fraction of sp³-hybridized carbons (Fsp3) is 0.818. The fourth-order valence-electron chi connectivity index (χ4n) is 1.30. The van der Waals surface area contributed by atoms with Crippen LogP contribution in [0.15, 0.2) is 4.52 Å². The zero-order chi connectivity index (χ0) is 13.2. The second-order valence-corrected chi connectivity index (χ2v) is 3.79. The van der Waals surface area contributed by atoms with Gasteiger partial charge in [0.05, 0.1) is 25.9 Å². The van der Waals surface area contributed by atoms with E-state index in [0.29, 0.717) is 51.0 Å². The average molecular weight is 259 g/mol. The molecule has 1 atom stereocenters. The van der Waals surface area contributed by atoms with Gasteiger partial charge < -0.3 is 24.5 Å². The van der Waals surface area contributed by atoms with Gasteiger partial charge in [0.15, 0.2) is 5.82 Å². The molecular formula is C11H21N3O4. The standard InChI is InChI=1S/C11H21N3O4/c1-15-5-3-9(12)11-13-10(14-18-11)4-6-17-8-7-16-2/h9H,3-8,12H2,1-2H3. The molecule has 0 saturated heterocycles. The molecule has 1 heterocycles. The van der Waals surface area contributed by atoms with Gasteiger partial charge in [-0.2, -0.15) is 4.98 Å². The molecule has 0 bridgehead atoms. The third-order valence-corrected chi connectivity index (χ3v) is 2.34. The van der Waals surface area contributed by atoms with Crippen LogP contribution in [0.5, 0.6) is 0 Å². The van der Waals surface area contributed by atoms with Gasteiger partial charge in [0.25, 0.3) is 0 Å². The Morgan fingerprint density at radius 3 is 2.67 bits per heavy atom. The Morgan fingerprint density at radius 2 is 1.94 bits per heavy atom. The maximum Gasteiger partial charge on any atom is 0.243 e. The molecule has 104 valence electrons. The van der Waals surface area contributed by atoms with Crippen molar-refractivity contribution in [2.75, 3.05) is 40.6 Å². The maximum absolute atomic E-state index is 5.86. The zero-order valence-corrected chi connectivity index (χ0v) is 10.9. The summed E-state index contributed by atoms with van der Waals surface area (Å²) < 4.78 is 20.2. The summed E-state index contributed by atoms with van der Waals surface area (Å²) in [6.07, 6.45) is 1.26. The first-order valence-electron chi connectivity index (χ1n) is 5.91. The quantitative estimate of drug-likeness (QED) is 0.604. The molecule has 0 saturated carbocycles. The molecule has 2 N–H and O–H groups in total. The predicted octanol–water partition coefficient (Wildman–Crippen LogP) is 0.311. The second kappa shape index (κ2) is 8.98. The number of hydrogen-bond acceptors (Lipinski definition) is 7. The first-order valence-corrected chi connectivity index (χ1v) is 5.91. The van der Waals surface area contributed by atoms with Gasteiger partial charge in [-0.1, -0.05) is 5.16 Å². The Hall–Kier alpha value is -1.02. The summed E-state index contributed by atoms with van der Waals surface area (Å²) in [6, 6.07) is -0.277. The molecule has 0 aliphatic carbocycles. The smallest absolute Gasteiger partial charge is 0.243 e. The van der Waals surface area contributed by atoms with E-state index >= 15 is 0 Å². The van der Waals surface area contributed by atoms with E-state index in [9.17, 15) is 0 Å². The number of rotatable bonds is 10. The SMILES string of the molecule is COCCOCCc1noc(C(N)CCOC)n1. The van der Waals surface area contributed by atoms with Crippen LogP contribution in [0.4, 0.5) is 0 Å². The topological polar surface area (TPSA) is 92.6 Å². The predicted molar refractivity (Wildman–Crippen MR) is 64.1 cm³/mol. The van der Waals surface area contributed by atoms with Crippen molar-refractivity contribution in [3.05, 3.63) is 11.7 Å². The van der Waals surface area contributed by atoms with E-state index in [2.05, 4.69) is 10.1 Å².